The highest BCUT2D eigenvalue weighted by Crippen LogP contribution is 2.31. The molecule has 0 aromatic heterocycles. The molecule has 1 amide bonds. The van der Waals surface area contributed by atoms with Gasteiger partial charge in [0.1, 0.15) is 11.9 Å². The monoisotopic (exact) mass is 349 g/mol. The van der Waals surface area contributed by atoms with Gasteiger partial charge in [0.05, 0.1) is 18.7 Å². The predicted molar refractivity (Wildman–Crippen MR) is 86.6 cm³/mol. The van der Waals surface area contributed by atoms with Crippen molar-refractivity contribution in [3.05, 3.63) is 71.0 Å². The minimum absolute atomic E-state index is 0.0757. The summed E-state index contributed by atoms with van der Waals surface area (Å²) in [5.41, 5.74) is 0.213. The molecule has 25 heavy (non-hydrogen) atoms. The van der Waals surface area contributed by atoms with Crippen LogP contribution in [0, 0.1) is 17.5 Å². The van der Waals surface area contributed by atoms with Gasteiger partial charge in [-0.1, -0.05) is 12.1 Å². The van der Waals surface area contributed by atoms with Crippen molar-refractivity contribution >= 4 is 5.91 Å². The number of carbonyl (C=O) groups is 1. The van der Waals surface area contributed by atoms with Crippen molar-refractivity contribution in [3.8, 4) is 0 Å². The number of nitrogens with zero attached hydrogens (tertiary/aromatic N) is 1. The Labute approximate surface area is 144 Å². The molecular weight excluding hydrogens is 331 g/mol. The molecule has 2 aromatic rings. The van der Waals surface area contributed by atoms with Crippen LogP contribution in [-0.4, -0.2) is 29.5 Å². The maximum Gasteiger partial charge on any atom is 0.254 e. The molecule has 1 unspecified atom stereocenters. The highest BCUT2D eigenvalue weighted by molar-refractivity contribution is 5.94. The zero-order chi connectivity index (χ0) is 18.2. The molecule has 0 N–H and O–H groups in total. The van der Waals surface area contributed by atoms with Crippen LogP contribution in [0.3, 0.4) is 0 Å². The van der Waals surface area contributed by atoms with E-state index in [1.807, 2.05) is 13.8 Å². The number of carbonyl (C=O) groups excluding carboxylic acids is 1. The van der Waals surface area contributed by atoms with Crippen molar-refractivity contribution in [2.75, 3.05) is 13.2 Å². The molecule has 6 heteroatoms. The van der Waals surface area contributed by atoms with Crippen molar-refractivity contribution < 1.29 is 22.7 Å². The van der Waals surface area contributed by atoms with Crippen molar-refractivity contribution in [2.24, 2.45) is 0 Å². The van der Waals surface area contributed by atoms with E-state index < -0.39 is 29.2 Å². The van der Waals surface area contributed by atoms with Gasteiger partial charge in [0, 0.05) is 5.56 Å². The van der Waals surface area contributed by atoms with Crippen LogP contribution in [0.15, 0.2) is 42.5 Å². The van der Waals surface area contributed by atoms with Gasteiger partial charge in [0.25, 0.3) is 5.91 Å². The minimum atomic E-state index is -1.06. The molecule has 3 nitrogen and oxygen atoms in total. The Hall–Kier alpha value is -2.34. The third-order valence-corrected chi connectivity index (χ3v) is 4.37. The maximum absolute atomic E-state index is 13.5. The lowest BCUT2D eigenvalue weighted by molar-refractivity contribution is -0.0847. The first kappa shape index (κ1) is 17.5. The second kappa shape index (κ2) is 6.52. The average Bonchev–Trinajstić information content (AvgIpc) is 2.57. The SMILES string of the molecule is CC1(C)COC(c2ccc(F)cc2)CN1C(=O)c1ccc(F)c(F)c1. The molecule has 132 valence electrons. The van der Waals surface area contributed by atoms with Gasteiger partial charge in [-0.05, 0) is 49.7 Å². The minimum Gasteiger partial charge on any atom is -0.369 e. The van der Waals surface area contributed by atoms with Gasteiger partial charge in [-0.25, -0.2) is 13.2 Å². The van der Waals surface area contributed by atoms with Crippen molar-refractivity contribution in [1.82, 2.24) is 4.90 Å². The van der Waals surface area contributed by atoms with Crippen LogP contribution in [0.4, 0.5) is 13.2 Å². The molecule has 0 aliphatic carbocycles. The van der Waals surface area contributed by atoms with E-state index in [2.05, 4.69) is 0 Å². The highest BCUT2D eigenvalue weighted by atomic mass is 19.2. The van der Waals surface area contributed by atoms with E-state index in [0.29, 0.717) is 0 Å². The standard InChI is InChI=1S/C19H18F3NO2/c1-19(2)11-25-17(12-3-6-14(20)7-4-12)10-23(19)18(24)13-5-8-15(21)16(22)9-13/h3-9,17H,10-11H2,1-2H3. The van der Waals surface area contributed by atoms with E-state index in [1.54, 1.807) is 17.0 Å². The van der Waals surface area contributed by atoms with Gasteiger partial charge in [-0.2, -0.15) is 0 Å². The van der Waals surface area contributed by atoms with Crippen LogP contribution in [0.5, 0.6) is 0 Å². The molecule has 1 saturated heterocycles. The summed E-state index contributed by atoms with van der Waals surface area (Å²) >= 11 is 0. The van der Waals surface area contributed by atoms with Crippen LogP contribution in [-0.2, 0) is 4.74 Å². The molecule has 0 radical (unpaired) electrons. The molecule has 2 aromatic carbocycles. The molecule has 0 saturated carbocycles. The number of rotatable bonds is 2. The average molecular weight is 349 g/mol. The molecular formula is C19H18F3NO2. The summed E-state index contributed by atoms with van der Waals surface area (Å²) in [5.74, 6) is -2.82. The van der Waals surface area contributed by atoms with E-state index in [9.17, 15) is 18.0 Å². The first-order valence-corrected chi connectivity index (χ1v) is 7.92. The molecule has 1 aliphatic heterocycles. The predicted octanol–water partition coefficient (Wildman–Crippen LogP) is 4.10. The maximum atomic E-state index is 13.5. The topological polar surface area (TPSA) is 29.5 Å². The van der Waals surface area contributed by atoms with E-state index in [4.69, 9.17) is 4.74 Å². The zero-order valence-electron chi connectivity index (χ0n) is 13.9. The zero-order valence-corrected chi connectivity index (χ0v) is 13.9. The normalized spacial score (nSPS) is 19.7. The highest BCUT2D eigenvalue weighted by Gasteiger charge is 2.39. The Kier molecular flexibility index (Phi) is 4.56. The molecule has 3 rings (SSSR count). The number of morpholine rings is 1. The summed E-state index contributed by atoms with van der Waals surface area (Å²) in [6.07, 6.45) is -0.414. The Bertz CT molecular complexity index is 790. The fourth-order valence-corrected chi connectivity index (χ4v) is 2.87. The number of halogens is 3. The van der Waals surface area contributed by atoms with Crippen molar-refractivity contribution in [2.45, 2.75) is 25.5 Å². The van der Waals surface area contributed by atoms with Gasteiger partial charge in [0.15, 0.2) is 11.6 Å². The molecule has 1 fully saturated rings. The molecule has 1 atom stereocenters. The van der Waals surface area contributed by atoms with Crippen LogP contribution >= 0.6 is 0 Å². The van der Waals surface area contributed by atoms with Gasteiger partial charge in [-0.3, -0.25) is 4.79 Å². The summed E-state index contributed by atoms with van der Waals surface area (Å²) in [4.78, 5) is 14.4. The Balaban J connectivity index is 1.87. The van der Waals surface area contributed by atoms with Crippen molar-refractivity contribution in [1.29, 1.82) is 0 Å². The fraction of sp³-hybridized carbons (Fsp3) is 0.316. The lowest BCUT2D eigenvalue weighted by atomic mass is 9.96. The molecule has 1 heterocycles. The molecule has 1 aliphatic rings. The van der Waals surface area contributed by atoms with Crippen LogP contribution in [0.2, 0.25) is 0 Å². The van der Waals surface area contributed by atoms with Gasteiger partial charge in [-0.15, -0.1) is 0 Å². The van der Waals surface area contributed by atoms with Crippen LogP contribution in [0.25, 0.3) is 0 Å². The summed E-state index contributed by atoms with van der Waals surface area (Å²) in [6, 6.07) is 8.99. The quantitative estimate of drug-likeness (QED) is 0.817. The van der Waals surface area contributed by atoms with E-state index in [1.165, 1.54) is 18.2 Å². The molecule has 0 spiro atoms. The third-order valence-electron chi connectivity index (χ3n) is 4.37. The number of ether oxygens (including phenoxy) is 1. The second-order valence-electron chi connectivity index (χ2n) is 6.71. The number of benzene rings is 2. The van der Waals surface area contributed by atoms with Gasteiger partial charge in [0.2, 0.25) is 0 Å². The van der Waals surface area contributed by atoms with Crippen LogP contribution < -0.4 is 0 Å². The third kappa shape index (κ3) is 3.54. The van der Waals surface area contributed by atoms with Crippen molar-refractivity contribution in [3.63, 3.8) is 0 Å². The fourth-order valence-electron chi connectivity index (χ4n) is 2.87. The number of hydrogen-bond donors (Lipinski definition) is 0. The molecule has 0 bridgehead atoms. The Morgan fingerprint density at radius 1 is 1.08 bits per heavy atom. The van der Waals surface area contributed by atoms with Crippen LogP contribution in [0.1, 0.15) is 35.9 Å². The first-order valence-electron chi connectivity index (χ1n) is 7.92. The smallest absolute Gasteiger partial charge is 0.254 e. The lowest BCUT2D eigenvalue weighted by Crippen LogP contribution is -2.56. The summed E-state index contributed by atoms with van der Waals surface area (Å²) in [6.45, 7) is 4.18. The summed E-state index contributed by atoms with van der Waals surface area (Å²) < 4.78 is 45.5. The summed E-state index contributed by atoms with van der Waals surface area (Å²) in [5, 5.41) is 0. The second-order valence-corrected chi connectivity index (χ2v) is 6.71. The van der Waals surface area contributed by atoms with Gasteiger partial charge < -0.3 is 9.64 Å². The summed E-state index contributed by atoms with van der Waals surface area (Å²) in [7, 11) is 0. The number of hydrogen-bond acceptors (Lipinski definition) is 2. The number of amides is 1. The largest absolute Gasteiger partial charge is 0.369 e. The first-order chi connectivity index (χ1) is 11.8. The Morgan fingerprint density at radius 3 is 2.40 bits per heavy atom. The Morgan fingerprint density at radius 2 is 1.76 bits per heavy atom. The van der Waals surface area contributed by atoms with Gasteiger partial charge >= 0.3 is 0 Å². The van der Waals surface area contributed by atoms with E-state index >= 15 is 0 Å². The van der Waals surface area contributed by atoms with E-state index in [-0.39, 0.29) is 24.5 Å². The lowest BCUT2D eigenvalue weighted by Gasteiger charge is -2.45. The van der Waals surface area contributed by atoms with E-state index in [0.717, 1.165) is 17.7 Å².